The Kier molecular flexibility index (Phi) is 18.6. The Hall–Kier alpha value is -5.00. The second kappa shape index (κ2) is 24.5. The molecule has 0 saturated carbocycles. The normalized spacial score (nSPS) is 15.9. The van der Waals surface area contributed by atoms with Crippen LogP contribution in [-0.2, 0) is 35.1 Å². The maximum absolute atomic E-state index is 13.4. The van der Waals surface area contributed by atoms with Crippen molar-refractivity contribution in [3.8, 4) is 27.4 Å². The molecule has 65 heavy (non-hydrogen) atoms. The molecule has 0 unspecified atom stereocenters. The molecule has 2 amide bonds. The van der Waals surface area contributed by atoms with E-state index in [-0.39, 0.29) is 36.5 Å². The number of benzene rings is 3. The number of aryl methyl sites for hydroxylation is 1. The molecule has 0 spiro atoms. The van der Waals surface area contributed by atoms with Gasteiger partial charge in [-0.05, 0) is 66.3 Å². The first kappa shape index (κ1) is 49.4. The summed E-state index contributed by atoms with van der Waals surface area (Å²) in [5.41, 5.74) is 8.71. The lowest BCUT2D eigenvalue weighted by Gasteiger charge is -2.36. The van der Waals surface area contributed by atoms with Crippen LogP contribution in [-0.4, -0.2) is 137 Å². The highest BCUT2D eigenvalue weighted by atomic mass is 32.1. The molecule has 14 nitrogen and oxygen atoms in total. The summed E-state index contributed by atoms with van der Waals surface area (Å²) in [6.45, 7) is 12.6. The smallest absolute Gasteiger partial charge is 0.246 e. The molecule has 5 aromatic rings. The molecule has 0 aliphatic carbocycles. The Morgan fingerprint density at radius 2 is 1.54 bits per heavy atom. The van der Waals surface area contributed by atoms with Crippen molar-refractivity contribution < 1.29 is 38.4 Å². The van der Waals surface area contributed by atoms with Crippen LogP contribution in [0.25, 0.3) is 32.6 Å². The minimum Gasteiger partial charge on any atom is -0.493 e. The van der Waals surface area contributed by atoms with Crippen LogP contribution in [0, 0.1) is 12.3 Å². The molecule has 0 bridgehead atoms. The highest BCUT2D eigenvalue weighted by molar-refractivity contribution is 7.13. The van der Waals surface area contributed by atoms with Crippen molar-refractivity contribution in [1.82, 2.24) is 25.5 Å². The first-order valence-corrected chi connectivity index (χ1v) is 23.3. The van der Waals surface area contributed by atoms with Crippen molar-refractivity contribution in [2.24, 2.45) is 5.41 Å². The van der Waals surface area contributed by atoms with E-state index in [1.165, 1.54) is 0 Å². The average Bonchev–Trinajstić information content (AvgIpc) is 3.90. The molecule has 1 aliphatic rings. The second-order valence-electron chi connectivity index (χ2n) is 17.6. The van der Waals surface area contributed by atoms with Crippen LogP contribution in [0.2, 0.25) is 0 Å². The number of nitrogens with zero attached hydrogens (tertiary/aromatic N) is 4. The number of nitrogens with one attached hydrogen (secondary N) is 2. The number of β-amino-alcohol motifs (C(OH)–C–C–N with tert-alkyl or cyclic N) is 1. The van der Waals surface area contributed by atoms with E-state index in [1.54, 1.807) is 11.3 Å². The summed E-state index contributed by atoms with van der Waals surface area (Å²) in [7, 11) is 4.06. The number of fused-ring (bicyclic) bond motifs is 1. The molecule has 3 heterocycles. The van der Waals surface area contributed by atoms with Crippen molar-refractivity contribution in [3.63, 3.8) is 0 Å². The molecule has 1 fully saturated rings. The van der Waals surface area contributed by atoms with Crippen LogP contribution >= 0.6 is 11.3 Å². The number of amides is 2. The highest BCUT2D eigenvalue weighted by Crippen LogP contribution is 2.29. The number of hydrogen-bond donors (Lipinski definition) is 3. The van der Waals surface area contributed by atoms with Crippen LogP contribution < -0.4 is 20.3 Å². The first-order valence-electron chi connectivity index (χ1n) is 22.4. The fourth-order valence-corrected chi connectivity index (χ4v) is 8.29. The van der Waals surface area contributed by atoms with Gasteiger partial charge in [0.15, 0.2) is 0 Å². The Morgan fingerprint density at radius 1 is 0.862 bits per heavy atom. The number of aromatic nitrogens is 2. The fourth-order valence-electron chi connectivity index (χ4n) is 7.48. The van der Waals surface area contributed by atoms with E-state index in [0.717, 1.165) is 61.7 Å². The number of likely N-dealkylation sites (tertiary alicyclic amines) is 1. The molecule has 0 radical (unpaired) electrons. The summed E-state index contributed by atoms with van der Waals surface area (Å²) >= 11 is 1.61. The third-order valence-corrected chi connectivity index (χ3v) is 12.3. The van der Waals surface area contributed by atoms with Gasteiger partial charge >= 0.3 is 0 Å². The van der Waals surface area contributed by atoms with Gasteiger partial charge in [-0.3, -0.25) is 14.5 Å². The van der Waals surface area contributed by atoms with E-state index in [0.29, 0.717) is 72.3 Å². The Morgan fingerprint density at radius 3 is 2.20 bits per heavy atom. The topological polar surface area (TPSA) is 157 Å². The number of thiazole rings is 1. The second-order valence-corrected chi connectivity index (χ2v) is 18.5. The van der Waals surface area contributed by atoms with Crippen molar-refractivity contribution in [2.45, 2.75) is 65.3 Å². The van der Waals surface area contributed by atoms with Crippen molar-refractivity contribution in [3.05, 3.63) is 95.6 Å². The highest BCUT2D eigenvalue weighted by Gasteiger charge is 2.39. The molecule has 1 aliphatic heterocycles. The van der Waals surface area contributed by atoms with Gasteiger partial charge in [-0.25, -0.2) is 9.97 Å². The largest absolute Gasteiger partial charge is 0.493 e. The number of rotatable bonds is 25. The average molecular weight is 911 g/mol. The number of carbonyl (C=O) groups excluding carboxylic acids is 2. The maximum Gasteiger partial charge on any atom is 0.246 e. The van der Waals surface area contributed by atoms with E-state index >= 15 is 0 Å². The standard InChI is InChI=1S/C50H66N6O8S/c1-35-48(65-34-52-35)38-10-8-36(9-11-38)30-51-49(59)45-29-41(57)31-56(45)32-46(50(2,3)4)54-47(58)33-63-27-26-62-25-24-61-23-22-60-20-7-21-64-42-17-19-44-39(28-42)14-18-43(53-44)37-12-15-40(16-13-37)55(5)6/h8-19,28,34,41,45-46,57H,7,20-27,29-33H2,1-6H3,(H,51,59)(H,54,58)/t41-,45+,46-/m1/s1. The van der Waals surface area contributed by atoms with Crippen molar-refractivity contribution >= 4 is 39.7 Å². The van der Waals surface area contributed by atoms with E-state index < -0.39 is 12.1 Å². The number of hydrogen-bond acceptors (Lipinski definition) is 13. The molecular weight excluding hydrogens is 845 g/mol. The summed E-state index contributed by atoms with van der Waals surface area (Å²) in [6.07, 6.45) is 0.461. The quantitative estimate of drug-likeness (QED) is 0.0547. The predicted octanol–water partition coefficient (Wildman–Crippen LogP) is 6.52. The SMILES string of the molecule is Cc1ncsc1-c1ccc(CNC(=O)[C@@H]2C[C@@H](O)CN2C[C@@H](NC(=O)COCCOCCOCCOCCCOc2ccc3nc(-c4ccc(N(C)C)cc4)ccc3c2)C(C)(C)C)cc1. The minimum atomic E-state index is -0.627. The van der Waals surface area contributed by atoms with Gasteiger partial charge in [0.25, 0.3) is 0 Å². The van der Waals surface area contributed by atoms with Gasteiger partial charge in [0.05, 0.1) is 85.7 Å². The van der Waals surface area contributed by atoms with Gasteiger partial charge in [-0.15, -0.1) is 11.3 Å². The van der Waals surface area contributed by atoms with Crippen LogP contribution in [0.4, 0.5) is 5.69 Å². The van der Waals surface area contributed by atoms with E-state index in [9.17, 15) is 14.7 Å². The lowest BCUT2D eigenvalue weighted by molar-refractivity contribution is -0.128. The number of aliphatic hydroxyl groups excluding tert-OH is 1. The van der Waals surface area contributed by atoms with Crippen LogP contribution in [0.15, 0.2) is 84.4 Å². The maximum atomic E-state index is 13.4. The molecule has 6 rings (SSSR count). The summed E-state index contributed by atoms with van der Waals surface area (Å²) in [4.78, 5) is 40.7. The van der Waals surface area contributed by atoms with Crippen molar-refractivity contribution in [2.75, 3.05) is 91.5 Å². The lowest BCUT2D eigenvalue weighted by Crippen LogP contribution is -2.54. The van der Waals surface area contributed by atoms with Crippen molar-refractivity contribution in [1.29, 1.82) is 0 Å². The number of ether oxygens (including phenoxy) is 5. The lowest BCUT2D eigenvalue weighted by atomic mass is 9.86. The number of aliphatic hydroxyl groups is 1. The Labute approximate surface area is 387 Å². The van der Waals surface area contributed by atoms with E-state index in [4.69, 9.17) is 28.7 Å². The molecule has 1 saturated heterocycles. The van der Waals surface area contributed by atoms with E-state index in [1.807, 2.05) is 101 Å². The third-order valence-electron chi connectivity index (χ3n) is 11.3. The monoisotopic (exact) mass is 910 g/mol. The zero-order valence-electron chi connectivity index (χ0n) is 38.7. The molecular formula is C50H66N6O8S. The molecule has 350 valence electrons. The summed E-state index contributed by atoms with van der Waals surface area (Å²) in [5.74, 6) is 0.413. The number of carbonyl (C=O) groups is 2. The number of pyridine rings is 1. The summed E-state index contributed by atoms with van der Waals surface area (Å²) in [6, 6.07) is 25.8. The molecule has 3 N–H and O–H groups in total. The third kappa shape index (κ3) is 15.3. The van der Waals surface area contributed by atoms with Crippen LogP contribution in [0.1, 0.15) is 44.9 Å². The van der Waals surface area contributed by atoms with Gasteiger partial charge in [-0.1, -0.05) is 63.2 Å². The molecule has 3 atom stereocenters. The van der Waals surface area contributed by atoms with Gasteiger partial charge < -0.3 is 44.3 Å². The fraction of sp³-hybridized carbons (Fsp3) is 0.480. The first-order chi connectivity index (χ1) is 31.3. The van der Waals surface area contributed by atoms with E-state index in [2.05, 4.69) is 50.8 Å². The molecule has 3 aromatic carbocycles. The minimum absolute atomic E-state index is 0.114. The van der Waals surface area contributed by atoms with Gasteiger partial charge in [0, 0.05) is 69.4 Å². The molecule has 2 aromatic heterocycles. The molecule has 15 heteroatoms. The van der Waals surface area contributed by atoms with Gasteiger partial charge in [-0.2, -0.15) is 0 Å². The number of anilines is 1. The van der Waals surface area contributed by atoms with Crippen LogP contribution in [0.5, 0.6) is 5.75 Å². The zero-order chi connectivity index (χ0) is 46.2. The van der Waals surface area contributed by atoms with Crippen LogP contribution in [0.3, 0.4) is 0 Å². The summed E-state index contributed by atoms with van der Waals surface area (Å²) < 4.78 is 28.5. The van der Waals surface area contributed by atoms with Gasteiger partial charge in [0.2, 0.25) is 11.8 Å². The predicted molar refractivity (Wildman–Crippen MR) is 256 cm³/mol. The Balaban J connectivity index is 0.778. The zero-order valence-corrected chi connectivity index (χ0v) is 39.5. The van der Waals surface area contributed by atoms with Gasteiger partial charge in [0.1, 0.15) is 12.4 Å². The summed E-state index contributed by atoms with van der Waals surface area (Å²) in [5, 5.41) is 17.7. The Bertz CT molecular complexity index is 2250.